The van der Waals surface area contributed by atoms with Crippen LogP contribution in [0.3, 0.4) is 0 Å². The minimum Gasteiger partial charge on any atom is -0.298 e. The standard InChI is InChI=1S/C56H38N4/c57-56(48-16-4-14-46(36-48)44-12-2-10-42(34-44)38-25-29-40(30-26-38)50-18-6-22-54-52(50)20-8-32-59-54)55(60-56)47-15-3-13-45(35-47)43-11-1-9-41(33-43)37-23-27-39(28-24-37)49-17-5-21-53-51(49)19-7-31-58-53/h1-36H,57H2. The fourth-order valence-electron chi connectivity index (χ4n) is 8.57. The van der Waals surface area contributed by atoms with Crippen molar-refractivity contribution in [3.05, 3.63) is 230 Å². The molecule has 0 saturated carbocycles. The fourth-order valence-corrected chi connectivity index (χ4v) is 8.57. The summed E-state index contributed by atoms with van der Waals surface area (Å²) >= 11 is 0. The lowest BCUT2D eigenvalue weighted by molar-refractivity contribution is 0.758. The van der Waals surface area contributed by atoms with E-state index in [9.17, 15) is 0 Å². The topological polar surface area (TPSA) is 64.2 Å². The molecule has 1 aliphatic rings. The van der Waals surface area contributed by atoms with Gasteiger partial charge in [-0.2, -0.15) is 0 Å². The molecule has 0 amide bonds. The summed E-state index contributed by atoms with van der Waals surface area (Å²) in [5.41, 5.74) is 25.0. The van der Waals surface area contributed by atoms with E-state index >= 15 is 0 Å². The summed E-state index contributed by atoms with van der Waals surface area (Å²) in [6.45, 7) is 0. The molecule has 0 spiro atoms. The molecule has 0 saturated heterocycles. The van der Waals surface area contributed by atoms with Crippen LogP contribution in [0, 0.1) is 0 Å². The van der Waals surface area contributed by atoms with Gasteiger partial charge in [0.15, 0.2) is 5.66 Å². The van der Waals surface area contributed by atoms with Gasteiger partial charge in [0, 0.05) is 34.3 Å². The van der Waals surface area contributed by atoms with E-state index in [1.165, 1.54) is 27.8 Å². The molecular formula is C56H38N4. The number of pyridine rings is 2. The Kier molecular flexibility index (Phi) is 8.58. The van der Waals surface area contributed by atoms with E-state index in [0.717, 1.165) is 77.6 Å². The van der Waals surface area contributed by atoms with Gasteiger partial charge in [-0.1, -0.05) is 158 Å². The Morgan fingerprint density at radius 2 is 0.700 bits per heavy atom. The number of aromatic nitrogens is 2. The van der Waals surface area contributed by atoms with Gasteiger partial charge in [-0.15, -0.1) is 0 Å². The molecule has 1 unspecified atom stereocenters. The zero-order valence-corrected chi connectivity index (χ0v) is 32.7. The molecule has 0 bridgehead atoms. The van der Waals surface area contributed by atoms with Crippen LogP contribution in [-0.2, 0) is 5.66 Å². The smallest absolute Gasteiger partial charge is 0.177 e. The highest BCUT2D eigenvalue weighted by atomic mass is 15.2. The molecule has 282 valence electrons. The Morgan fingerprint density at radius 1 is 0.317 bits per heavy atom. The van der Waals surface area contributed by atoms with E-state index in [0.29, 0.717) is 0 Å². The number of nitrogens with zero attached hydrogens (tertiary/aromatic N) is 3. The van der Waals surface area contributed by atoms with Crippen LogP contribution in [0.5, 0.6) is 0 Å². The second kappa shape index (κ2) is 14.5. The van der Waals surface area contributed by atoms with Crippen LogP contribution < -0.4 is 5.73 Å². The van der Waals surface area contributed by atoms with Crippen molar-refractivity contribution in [1.29, 1.82) is 0 Å². The Bertz CT molecular complexity index is 3260. The molecule has 4 heteroatoms. The molecule has 0 aliphatic carbocycles. The minimum atomic E-state index is -0.872. The van der Waals surface area contributed by atoms with Crippen LogP contribution in [0.2, 0.25) is 0 Å². The molecule has 11 rings (SSSR count). The van der Waals surface area contributed by atoms with Crippen LogP contribution in [-0.4, -0.2) is 15.7 Å². The number of fused-ring (bicyclic) bond motifs is 2. The van der Waals surface area contributed by atoms with E-state index in [2.05, 4.69) is 204 Å². The van der Waals surface area contributed by atoms with E-state index < -0.39 is 5.66 Å². The van der Waals surface area contributed by atoms with Crippen molar-refractivity contribution in [2.75, 3.05) is 0 Å². The second-order valence-corrected chi connectivity index (χ2v) is 15.5. The summed E-state index contributed by atoms with van der Waals surface area (Å²) in [4.78, 5) is 14.0. The highest BCUT2D eigenvalue weighted by Crippen LogP contribution is 2.41. The van der Waals surface area contributed by atoms with Gasteiger partial charge in [0.05, 0.1) is 16.7 Å². The molecule has 1 atom stereocenters. The first-order chi connectivity index (χ1) is 29.6. The maximum Gasteiger partial charge on any atom is 0.177 e. The lowest BCUT2D eigenvalue weighted by Crippen LogP contribution is -2.28. The molecule has 2 aromatic heterocycles. The van der Waals surface area contributed by atoms with Crippen molar-refractivity contribution < 1.29 is 0 Å². The van der Waals surface area contributed by atoms with Gasteiger partial charge >= 0.3 is 0 Å². The molecular weight excluding hydrogens is 729 g/mol. The SMILES string of the molecule is NC1(c2cccc(-c3cccc(-c4ccc(-c5cccc6ncccc56)cc4)c3)c2)N=C1c1cccc(-c2cccc(-c3ccc(-c4cccc5ncccc45)cc3)c2)c1. The Morgan fingerprint density at radius 3 is 1.20 bits per heavy atom. The molecule has 1 aliphatic heterocycles. The quantitative estimate of drug-likeness (QED) is 0.167. The first kappa shape index (κ1) is 35.4. The molecule has 0 fully saturated rings. The van der Waals surface area contributed by atoms with Gasteiger partial charge in [0.1, 0.15) is 0 Å². The van der Waals surface area contributed by atoms with E-state index in [1.54, 1.807) is 0 Å². The molecule has 60 heavy (non-hydrogen) atoms. The lowest BCUT2D eigenvalue weighted by Gasteiger charge is -2.14. The van der Waals surface area contributed by atoms with Gasteiger partial charge in [-0.3, -0.25) is 20.7 Å². The third-order valence-electron chi connectivity index (χ3n) is 11.8. The summed E-state index contributed by atoms with van der Waals surface area (Å²) in [6.07, 6.45) is 3.68. The minimum absolute atomic E-state index is 0.872. The molecule has 4 nitrogen and oxygen atoms in total. The summed E-state index contributed by atoms with van der Waals surface area (Å²) in [6, 6.07) is 72.9. The monoisotopic (exact) mass is 766 g/mol. The van der Waals surface area contributed by atoms with E-state index in [-0.39, 0.29) is 0 Å². The molecule has 0 radical (unpaired) electrons. The predicted octanol–water partition coefficient (Wildman–Crippen LogP) is 13.4. The van der Waals surface area contributed by atoms with Gasteiger partial charge in [-0.05, 0) is 115 Å². The summed E-state index contributed by atoms with van der Waals surface area (Å²) in [7, 11) is 0. The molecule has 10 aromatic rings. The third kappa shape index (κ3) is 6.46. The largest absolute Gasteiger partial charge is 0.298 e. The first-order valence-electron chi connectivity index (χ1n) is 20.3. The zero-order chi connectivity index (χ0) is 40.0. The number of hydrogen-bond donors (Lipinski definition) is 1. The predicted molar refractivity (Wildman–Crippen MR) is 249 cm³/mol. The molecule has 3 heterocycles. The normalized spacial score (nSPS) is 14.6. The van der Waals surface area contributed by atoms with Gasteiger partial charge < -0.3 is 0 Å². The van der Waals surface area contributed by atoms with Crippen molar-refractivity contribution in [1.82, 2.24) is 9.97 Å². The number of benzene rings is 8. The van der Waals surface area contributed by atoms with E-state index in [4.69, 9.17) is 10.7 Å². The first-order valence-corrected chi connectivity index (χ1v) is 20.3. The highest BCUT2D eigenvalue weighted by molar-refractivity contribution is 6.17. The molecule has 8 aromatic carbocycles. The zero-order valence-electron chi connectivity index (χ0n) is 32.7. The van der Waals surface area contributed by atoms with Crippen molar-refractivity contribution in [2.45, 2.75) is 5.66 Å². The van der Waals surface area contributed by atoms with Crippen LogP contribution in [0.25, 0.3) is 88.6 Å². The number of aliphatic imine (C=N–C) groups is 1. The maximum atomic E-state index is 7.07. The maximum absolute atomic E-state index is 7.07. The summed E-state index contributed by atoms with van der Waals surface area (Å²) < 4.78 is 0. The Labute approximate surface area is 349 Å². The van der Waals surface area contributed by atoms with Crippen LogP contribution in [0.15, 0.2) is 224 Å². The van der Waals surface area contributed by atoms with Crippen molar-refractivity contribution in [3.63, 3.8) is 0 Å². The van der Waals surface area contributed by atoms with Crippen LogP contribution in [0.4, 0.5) is 0 Å². The number of rotatable bonds is 8. The third-order valence-corrected chi connectivity index (χ3v) is 11.8. The number of nitrogens with two attached hydrogens (primary N) is 1. The summed E-state index contributed by atoms with van der Waals surface area (Å²) in [5, 5.41) is 2.31. The lowest BCUT2D eigenvalue weighted by atomic mass is 9.92. The average Bonchev–Trinajstić information content (AvgIpc) is 4.04. The average molecular weight is 767 g/mol. The van der Waals surface area contributed by atoms with Gasteiger partial charge in [-0.25, -0.2) is 0 Å². The fraction of sp³-hybridized carbons (Fsp3) is 0.0179. The van der Waals surface area contributed by atoms with Crippen molar-refractivity contribution in [2.24, 2.45) is 10.7 Å². The van der Waals surface area contributed by atoms with Gasteiger partial charge in [0.2, 0.25) is 0 Å². The van der Waals surface area contributed by atoms with Gasteiger partial charge in [0.25, 0.3) is 0 Å². The summed E-state index contributed by atoms with van der Waals surface area (Å²) in [5.74, 6) is 0. The highest BCUT2D eigenvalue weighted by Gasteiger charge is 2.46. The second-order valence-electron chi connectivity index (χ2n) is 15.5. The van der Waals surface area contributed by atoms with E-state index in [1.807, 2.05) is 24.5 Å². The Hall–Kier alpha value is -7.79. The van der Waals surface area contributed by atoms with Crippen molar-refractivity contribution in [3.8, 4) is 66.8 Å². The van der Waals surface area contributed by atoms with Crippen molar-refractivity contribution >= 4 is 27.5 Å². The van der Waals surface area contributed by atoms with Crippen LogP contribution in [0.1, 0.15) is 11.1 Å². The van der Waals surface area contributed by atoms with Crippen LogP contribution >= 0.6 is 0 Å². The Balaban J connectivity index is 0.817. The number of hydrogen-bond acceptors (Lipinski definition) is 4. The molecule has 2 N–H and O–H groups in total.